The minimum atomic E-state index is -0.251. The summed E-state index contributed by atoms with van der Waals surface area (Å²) in [6.45, 7) is 5.02. The number of rotatable bonds is 6. The van der Waals surface area contributed by atoms with Crippen LogP contribution < -0.4 is 10.5 Å². The van der Waals surface area contributed by atoms with Crippen LogP contribution in [0.2, 0.25) is 0 Å². The number of nitrogens with two attached hydrogens (primary N) is 1. The molecule has 5 nitrogen and oxygen atoms in total. The number of carbonyl (C=O) groups is 1. The molecule has 3 rings (SSSR count). The van der Waals surface area contributed by atoms with E-state index < -0.39 is 0 Å². The smallest absolute Gasteiger partial charge is 0.225 e. The Morgan fingerprint density at radius 3 is 2.37 bits per heavy atom. The first-order chi connectivity index (χ1) is 12.1. The summed E-state index contributed by atoms with van der Waals surface area (Å²) in [6.07, 6.45) is 3.69. The highest BCUT2D eigenvalue weighted by Gasteiger charge is 2.32. The van der Waals surface area contributed by atoms with Crippen molar-refractivity contribution in [2.45, 2.75) is 31.7 Å². The molecular weight excluding hydrogens is 392 g/mol. The van der Waals surface area contributed by atoms with Crippen LogP contribution in [0.1, 0.15) is 25.7 Å². The maximum Gasteiger partial charge on any atom is 0.225 e. The van der Waals surface area contributed by atoms with E-state index in [-0.39, 0.29) is 42.6 Å². The van der Waals surface area contributed by atoms with E-state index >= 15 is 0 Å². The number of benzene rings is 1. The molecule has 2 aliphatic rings. The summed E-state index contributed by atoms with van der Waals surface area (Å²) in [6, 6.07) is 6.31. The molecule has 2 atom stereocenters. The minimum Gasteiger partial charge on any atom is -0.494 e. The maximum atomic E-state index is 12.8. The molecule has 1 heterocycles. The van der Waals surface area contributed by atoms with Gasteiger partial charge < -0.3 is 15.4 Å². The lowest BCUT2D eigenvalue weighted by molar-refractivity contribution is -0.137. The van der Waals surface area contributed by atoms with Gasteiger partial charge in [-0.3, -0.25) is 9.69 Å². The van der Waals surface area contributed by atoms with Crippen molar-refractivity contribution in [1.29, 1.82) is 0 Å². The van der Waals surface area contributed by atoms with Crippen molar-refractivity contribution in [3.63, 3.8) is 0 Å². The van der Waals surface area contributed by atoms with Crippen molar-refractivity contribution < 1.29 is 13.9 Å². The summed E-state index contributed by atoms with van der Waals surface area (Å²) >= 11 is 0. The fraction of sp³-hybridized carbons (Fsp3) is 0.632. The Bertz CT molecular complexity index is 569. The van der Waals surface area contributed by atoms with Crippen LogP contribution in [0.4, 0.5) is 4.39 Å². The SMILES string of the molecule is Cl.Cl.N[C@@H]1CC[C@H](C(=O)N2CCN(CCCOc3ccc(F)cc3)CC2)C1. The van der Waals surface area contributed by atoms with Gasteiger partial charge in [0.25, 0.3) is 0 Å². The molecule has 1 aliphatic carbocycles. The number of ether oxygens (including phenoxy) is 1. The van der Waals surface area contributed by atoms with Gasteiger partial charge in [0, 0.05) is 44.7 Å². The molecule has 1 amide bonds. The zero-order chi connectivity index (χ0) is 17.6. The number of carbonyl (C=O) groups excluding carboxylic acids is 1. The van der Waals surface area contributed by atoms with Crippen LogP contribution in [0.3, 0.4) is 0 Å². The van der Waals surface area contributed by atoms with Gasteiger partial charge in [0.1, 0.15) is 11.6 Å². The van der Waals surface area contributed by atoms with Crippen molar-refractivity contribution in [3.05, 3.63) is 30.1 Å². The van der Waals surface area contributed by atoms with E-state index in [1.807, 2.05) is 4.90 Å². The normalized spacial score (nSPS) is 22.7. The Hall–Kier alpha value is -1.08. The second-order valence-corrected chi connectivity index (χ2v) is 7.09. The molecule has 0 spiro atoms. The molecule has 2 N–H and O–H groups in total. The molecular formula is C19H30Cl2FN3O2. The first-order valence-electron chi connectivity index (χ1n) is 9.27. The van der Waals surface area contributed by atoms with Crippen LogP contribution in [0, 0.1) is 11.7 Å². The fourth-order valence-electron chi connectivity index (χ4n) is 3.70. The Kier molecular flexibility index (Phi) is 10.4. The van der Waals surface area contributed by atoms with Crippen molar-refractivity contribution in [2.75, 3.05) is 39.3 Å². The number of piperazine rings is 1. The Morgan fingerprint density at radius 2 is 1.78 bits per heavy atom. The van der Waals surface area contributed by atoms with E-state index in [0.29, 0.717) is 18.3 Å². The van der Waals surface area contributed by atoms with Crippen LogP contribution in [0.5, 0.6) is 5.75 Å². The van der Waals surface area contributed by atoms with Gasteiger partial charge in [-0.1, -0.05) is 0 Å². The van der Waals surface area contributed by atoms with Crippen molar-refractivity contribution in [1.82, 2.24) is 9.80 Å². The summed E-state index contributed by atoms with van der Waals surface area (Å²) in [5.41, 5.74) is 5.92. The second kappa shape index (κ2) is 11.7. The molecule has 1 aromatic carbocycles. The van der Waals surface area contributed by atoms with E-state index in [2.05, 4.69) is 4.90 Å². The lowest BCUT2D eigenvalue weighted by atomic mass is 10.1. The van der Waals surface area contributed by atoms with Crippen LogP contribution in [0.15, 0.2) is 24.3 Å². The van der Waals surface area contributed by atoms with Crippen LogP contribution in [0.25, 0.3) is 0 Å². The van der Waals surface area contributed by atoms with Gasteiger partial charge in [-0.15, -0.1) is 24.8 Å². The molecule has 1 aromatic rings. The van der Waals surface area contributed by atoms with Gasteiger partial charge in [-0.05, 0) is 49.9 Å². The van der Waals surface area contributed by atoms with E-state index in [0.717, 1.165) is 58.4 Å². The van der Waals surface area contributed by atoms with E-state index in [1.165, 1.54) is 12.1 Å². The van der Waals surface area contributed by atoms with Crippen LogP contribution >= 0.6 is 24.8 Å². The quantitative estimate of drug-likeness (QED) is 0.717. The third-order valence-electron chi connectivity index (χ3n) is 5.21. The molecule has 154 valence electrons. The largest absolute Gasteiger partial charge is 0.494 e. The first kappa shape index (κ1) is 24.0. The summed E-state index contributed by atoms with van der Waals surface area (Å²) in [5, 5.41) is 0. The molecule has 0 unspecified atom stereocenters. The van der Waals surface area contributed by atoms with Gasteiger partial charge in [0.2, 0.25) is 5.91 Å². The topological polar surface area (TPSA) is 58.8 Å². The number of amides is 1. The highest BCUT2D eigenvalue weighted by molar-refractivity contribution is 5.85. The Morgan fingerprint density at radius 1 is 1.11 bits per heavy atom. The average molecular weight is 422 g/mol. The summed E-state index contributed by atoms with van der Waals surface area (Å²) < 4.78 is 18.4. The van der Waals surface area contributed by atoms with Crippen LogP contribution in [-0.2, 0) is 4.79 Å². The number of hydrogen-bond donors (Lipinski definition) is 1. The minimum absolute atomic E-state index is 0. The lowest BCUT2D eigenvalue weighted by Crippen LogP contribution is -2.50. The van der Waals surface area contributed by atoms with Crippen LogP contribution in [-0.4, -0.2) is 61.1 Å². The third-order valence-corrected chi connectivity index (χ3v) is 5.21. The predicted molar refractivity (Wildman–Crippen MR) is 109 cm³/mol. The Labute approximate surface area is 173 Å². The van der Waals surface area contributed by atoms with E-state index in [1.54, 1.807) is 12.1 Å². The number of halogens is 3. The van der Waals surface area contributed by atoms with Gasteiger partial charge in [-0.2, -0.15) is 0 Å². The Balaban J connectivity index is 0.00000182. The van der Waals surface area contributed by atoms with Gasteiger partial charge in [0.15, 0.2) is 0 Å². The maximum absolute atomic E-state index is 12.8. The van der Waals surface area contributed by atoms with E-state index in [4.69, 9.17) is 10.5 Å². The number of nitrogens with zero attached hydrogens (tertiary/aromatic N) is 2. The molecule has 1 saturated carbocycles. The molecule has 0 radical (unpaired) electrons. The number of hydrogen-bond acceptors (Lipinski definition) is 4. The van der Waals surface area contributed by atoms with Crippen molar-refractivity contribution in [3.8, 4) is 5.75 Å². The zero-order valence-electron chi connectivity index (χ0n) is 15.5. The monoisotopic (exact) mass is 421 g/mol. The average Bonchev–Trinajstić information content (AvgIpc) is 3.06. The lowest BCUT2D eigenvalue weighted by Gasteiger charge is -2.36. The van der Waals surface area contributed by atoms with E-state index in [9.17, 15) is 9.18 Å². The second-order valence-electron chi connectivity index (χ2n) is 7.09. The molecule has 2 fully saturated rings. The van der Waals surface area contributed by atoms with Crippen molar-refractivity contribution in [2.24, 2.45) is 11.7 Å². The predicted octanol–water partition coefficient (Wildman–Crippen LogP) is 2.71. The van der Waals surface area contributed by atoms with Crippen molar-refractivity contribution >= 4 is 30.7 Å². The molecule has 8 heteroatoms. The van der Waals surface area contributed by atoms with Gasteiger partial charge >= 0.3 is 0 Å². The highest BCUT2D eigenvalue weighted by atomic mass is 35.5. The van der Waals surface area contributed by atoms with Gasteiger partial charge in [-0.25, -0.2) is 4.39 Å². The summed E-state index contributed by atoms with van der Waals surface area (Å²) in [5.74, 6) is 0.892. The zero-order valence-corrected chi connectivity index (χ0v) is 17.2. The fourth-order valence-corrected chi connectivity index (χ4v) is 3.70. The third kappa shape index (κ3) is 7.11. The highest BCUT2D eigenvalue weighted by Crippen LogP contribution is 2.26. The summed E-state index contributed by atoms with van der Waals surface area (Å²) in [7, 11) is 0. The molecule has 1 aliphatic heterocycles. The molecule has 0 aromatic heterocycles. The molecule has 0 bridgehead atoms. The molecule has 27 heavy (non-hydrogen) atoms. The first-order valence-corrected chi connectivity index (χ1v) is 9.27. The molecule has 1 saturated heterocycles. The summed E-state index contributed by atoms with van der Waals surface area (Å²) in [4.78, 5) is 16.9. The standard InChI is InChI=1S/C19H28FN3O2.2ClH/c20-16-3-6-18(7-4-16)25-13-1-8-22-9-11-23(12-10-22)19(24)15-2-5-17(21)14-15;;/h3-4,6-7,15,17H,1-2,5,8-14,21H2;2*1H/t15-,17+;;/m0../s1. The van der Waals surface area contributed by atoms with Gasteiger partial charge in [0.05, 0.1) is 6.61 Å².